The number of anilines is 1. The Kier molecular flexibility index (Phi) is 6.88. The molecule has 0 bridgehead atoms. The van der Waals surface area contributed by atoms with Crippen LogP contribution in [0.3, 0.4) is 0 Å². The van der Waals surface area contributed by atoms with Crippen molar-refractivity contribution in [2.45, 2.75) is 33.2 Å². The molecule has 0 saturated carbocycles. The van der Waals surface area contributed by atoms with Crippen molar-refractivity contribution in [3.63, 3.8) is 0 Å². The number of quaternary nitrogens is 1. The fraction of sp³-hybridized carbons (Fsp3) is 0.500. The van der Waals surface area contributed by atoms with Crippen molar-refractivity contribution >= 4 is 17.5 Å². The summed E-state index contributed by atoms with van der Waals surface area (Å²) in [5, 5.41) is 5.66. The molecular formula is C16H26N3O2+. The van der Waals surface area contributed by atoms with Crippen LogP contribution in [0.15, 0.2) is 24.3 Å². The molecule has 0 fully saturated rings. The van der Waals surface area contributed by atoms with Crippen LogP contribution < -0.4 is 15.5 Å². The van der Waals surface area contributed by atoms with E-state index in [2.05, 4.69) is 17.6 Å². The molecule has 0 aromatic heterocycles. The molecule has 0 aliphatic carbocycles. The number of carbonyl (C=O) groups is 2. The molecule has 3 N–H and O–H groups in total. The molecule has 1 aromatic rings. The first kappa shape index (κ1) is 17.2. The Balaban J connectivity index is 2.39. The van der Waals surface area contributed by atoms with E-state index in [1.807, 2.05) is 45.2 Å². The maximum Gasteiger partial charge on any atom is 0.279 e. The van der Waals surface area contributed by atoms with Crippen molar-refractivity contribution in [1.82, 2.24) is 5.32 Å². The van der Waals surface area contributed by atoms with E-state index in [1.165, 1.54) is 5.56 Å². The van der Waals surface area contributed by atoms with E-state index in [9.17, 15) is 9.59 Å². The zero-order valence-electron chi connectivity index (χ0n) is 13.3. The number of carbonyl (C=O) groups excluding carboxylic acids is 2. The van der Waals surface area contributed by atoms with Crippen molar-refractivity contribution in [2.75, 3.05) is 25.5 Å². The molecule has 0 radical (unpaired) electrons. The molecule has 2 amide bonds. The molecule has 1 atom stereocenters. The summed E-state index contributed by atoms with van der Waals surface area (Å²) in [4.78, 5) is 24.4. The minimum Gasteiger partial charge on any atom is -0.349 e. The Morgan fingerprint density at radius 3 is 2.19 bits per heavy atom. The molecule has 0 heterocycles. The summed E-state index contributed by atoms with van der Waals surface area (Å²) in [5.41, 5.74) is 2.03. The first-order chi connectivity index (χ1) is 9.90. The second-order valence-electron chi connectivity index (χ2n) is 5.63. The maximum absolute atomic E-state index is 11.9. The minimum atomic E-state index is -0.0888. The summed E-state index contributed by atoms with van der Waals surface area (Å²) >= 11 is 0. The number of benzene rings is 1. The molecule has 1 unspecified atom stereocenters. The Morgan fingerprint density at radius 2 is 1.67 bits per heavy atom. The zero-order chi connectivity index (χ0) is 15.8. The van der Waals surface area contributed by atoms with Crippen LogP contribution in [0.1, 0.15) is 26.3 Å². The Hall–Kier alpha value is -1.88. The largest absolute Gasteiger partial charge is 0.349 e. The highest BCUT2D eigenvalue weighted by molar-refractivity contribution is 5.91. The van der Waals surface area contributed by atoms with Gasteiger partial charge >= 0.3 is 0 Å². The fourth-order valence-electron chi connectivity index (χ4n) is 2.01. The van der Waals surface area contributed by atoms with Gasteiger partial charge in [0, 0.05) is 11.7 Å². The fourth-order valence-corrected chi connectivity index (χ4v) is 2.01. The van der Waals surface area contributed by atoms with E-state index in [0.717, 1.165) is 17.0 Å². The third-order valence-corrected chi connectivity index (χ3v) is 3.02. The number of nitrogens with one attached hydrogen (secondary N) is 3. The van der Waals surface area contributed by atoms with Gasteiger partial charge in [-0.1, -0.05) is 19.1 Å². The molecule has 0 saturated heterocycles. The summed E-state index contributed by atoms with van der Waals surface area (Å²) in [6, 6.07) is 7.93. The summed E-state index contributed by atoms with van der Waals surface area (Å²) in [5.74, 6) is -0.128. The van der Waals surface area contributed by atoms with Crippen molar-refractivity contribution in [3.05, 3.63) is 29.8 Å². The molecule has 0 spiro atoms. The van der Waals surface area contributed by atoms with Gasteiger partial charge in [-0.25, -0.2) is 0 Å². The topological polar surface area (TPSA) is 62.6 Å². The predicted molar refractivity (Wildman–Crippen MR) is 84.3 cm³/mol. The van der Waals surface area contributed by atoms with E-state index in [4.69, 9.17) is 0 Å². The smallest absolute Gasteiger partial charge is 0.279 e. The average molecular weight is 292 g/mol. The Morgan fingerprint density at radius 1 is 1.10 bits per heavy atom. The molecule has 5 nitrogen and oxygen atoms in total. The maximum atomic E-state index is 11.9. The van der Waals surface area contributed by atoms with E-state index >= 15 is 0 Å². The summed E-state index contributed by atoms with van der Waals surface area (Å²) in [6.07, 6.45) is 0.978. The van der Waals surface area contributed by atoms with Crippen molar-refractivity contribution in [1.29, 1.82) is 0 Å². The lowest BCUT2D eigenvalue weighted by Crippen LogP contribution is -3.11. The highest BCUT2D eigenvalue weighted by Crippen LogP contribution is 2.09. The lowest BCUT2D eigenvalue weighted by atomic mass is 10.1. The Labute approximate surface area is 126 Å². The van der Waals surface area contributed by atoms with Crippen molar-refractivity contribution < 1.29 is 14.5 Å². The molecule has 1 rings (SSSR count). The monoisotopic (exact) mass is 292 g/mol. The number of hydrogen-bond donors (Lipinski definition) is 3. The molecule has 5 heteroatoms. The zero-order valence-corrected chi connectivity index (χ0v) is 13.3. The van der Waals surface area contributed by atoms with Crippen LogP contribution in [0.5, 0.6) is 0 Å². The number of likely N-dealkylation sites (N-methyl/N-ethyl adjacent to an activating group) is 1. The minimum absolute atomic E-state index is 0.0393. The average Bonchev–Trinajstić information content (AvgIpc) is 2.37. The van der Waals surface area contributed by atoms with Gasteiger partial charge in [0.05, 0.1) is 7.05 Å². The third-order valence-electron chi connectivity index (χ3n) is 3.02. The molecule has 0 aliphatic heterocycles. The van der Waals surface area contributed by atoms with Crippen LogP contribution in [0.25, 0.3) is 0 Å². The highest BCUT2D eigenvalue weighted by atomic mass is 16.2. The molecular weight excluding hydrogens is 266 g/mol. The van der Waals surface area contributed by atoms with Crippen molar-refractivity contribution in [3.8, 4) is 0 Å². The molecule has 0 aliphatic rings. The van der Waals surface area contributed by atoms with Crippen LogP contribution in [-0.2, 0) is 16.0 Å². The van der Waals surface area contributed by atoms with E-state index in [-0.39, 0.29) is 24.4 Å². The number of rotatable bonds is 7. The van der Waals surface area contributed by atoms with E-state index < -0.39 is 0 Å². The van der Waals surface area contributed by atoms with Crippen LogP contribution >= 0.6 is 0 Å². The number of amides is 2. The third kappa shape index (κ3) is 6.90. The standard InChI is InChI=1S/C16H25N3O2/c1-5-13-6-8-14(9-7-13)18-16(21)11-19(4)10-15(20)17-12(2)3/h6-9,12H,5,10-11H2,1-4H3,(H,17,20)(H,18,21)/p+1. The van der Waals surface area contributed by atoms with Crippen LogP contribution in [0.2, 0.25) is 0 Å². The van der Waals surface area contributed by atoms with Gasteiger partial charge < -0.3 is 15.5 Å². The lowest BCUT2D eigenvalue weighted by Gasteiger charge is -2.15. The van der Waals surface area contributed by atoms with E-state index in [0.29, 0.717) is 6.54 Å². The quantitative estimate of drug-likeness (QED) is 0.673. The van der Waals surface area contributed by atoms with Gasteiger partial charge in [0.2, 0.25) is 0 Å². The van der Waals surface area contributed by atoms with Gasteiger partial charge in [-0.15, -0.1) is 0 Å². The van der Waals surface area contributed by atoms with Crippen molar-refractivity contribution in [2.24, 2.45) is 0 Å². The summed E-state index contributed by atoms with van der Waals surface area (Å²) in [6.45, 7) is 6.48. The van der Waals surface area contributed by atoms with Crippen LogP contribution in [-0.4, -0.2) is 38.0 Å². The second kappa shape index (κ2) is 8.42. The number of aryl methyl sites for hydroxylation is 1. The highest BCUT2D eigenvalue weighted by Gasteiger charge is 2.14. The first-order valence-electron chi connectivity index (χ1n) is 7.40. The van der Waals surface area contributed by atoms with Crippen LogP contribution in [0, 0.1) is 0 Å². The second-order valence-corrected chi connectivity index (χ2v) is 5.63. The van der Waals surface area contributed by atoms with Crippen LogP contribution in [0.4, 0.5) is 5.69 Å². The van der Waals surface area contributed by atoms with Gasteiger partial charge in [0.25, 0.3) is 11.8 Å². The predicted octanol–water partition coefficient (Wildman–Crippen LogP) is 0.227. The van der Waals surface area contributed by atoms with Gasteiger partial charge in [-0.3, -0.25) is 9.59 Å². The van der Waals surface area contributed by atoms with E-state index in [1.54, 1.807) is 0 Å². The lowest BCUT2D eigenvalue weighted by molar-refractivity contribution is -0.862. The summed E-state index contributed by atoms with van der Waals surface area (Å²) < 4.78 is 0. The van der Waals surface area contributed by atoms with Gasteiger partial charge in [-0.2, -0.15) is 0 Å². The first-order valence-corrected chi connectivity index (χ1v) is 7.40. The SMILES string of the molecule is CCc1ccc(NC(=O)C[NH+](C)CC(=O)NC(C)C)cc1. The summed E-state index contributed by atoms with van der Waals surface area (Å²) in [7, 11) is 1.83. The van der Waals surface area contributed by atoms with Gasteiger partial charge in [-0.05, 0) is 38.0 Å². The normalized spacial score (nSPS) is 12.0. The van der Waals surface area contributed by atoms with Gasteiger partial charge in [0.15, 0.2) is 13.1 Å². The Bertz CT molecular complexity index is 469. The number of hydrogen-bond acceptors (Lipinski definition) is 2. The molecule has 21 heavy (non-hydrogen) atoms. The molecule has 1 aromatic carbocycles. The van der Waals surface area contributed by atoms with Gasteiger partial charge in [0.1, 0.15) is 0 Å². The molecule has 116 valence electrons.